The van der Waals surface area contributed by atoms with Gasteiger partial charge in [0.2, 0.25) is 0 Å². The lowest BCUT2D eigenvalue weighted by Crippen LogP contribution is -2.10. The van der Waals surface area contributed by atoms with Gasteiger partial charge in [-0.15, -0.1) is 0 Å². The van der Waals surface area contributed by atoms with Gasteiger partial charge in [-0.25, -0.2) is 4.79 Å². The van der Waals surface area contributed by atoms with Gasteiger partial charge in [-0.3, -0.25) is 0 Å². The van der Waals surface area contributed by atoms with E-state index in [1.165, 1.54) is 0 Å². The summed E-state index contributed by atoms with van der Waals surface area (Å²) in [5, 5.41) is 3.90. The van der Waals surface area contributed by atoms with Crippen molar-refractivity contribution in [2.75, 3.05) is 30.5 Å². The summed E-state index contributed by atoms with van der Waals surface area (Å²) >= 11 is 1.84. The zero-order chi connectivity index (χ0) is 14.3. The second-order valence-corrected chi connectivity index (χ2v) is 5.56. The summed E-state index contributed by atoms with van der Waals surface area (Å²) in [6.45, 7) is 5.21. The summed E-state index contributed by atoms with van der Waals surface area (Å²) in [5.41, 5.74) is 7.85. The molecular formula is C14H22N2O2S. The van der Waals surface area contributed by atoms with Crippen LogP contribution in [0.25, 0.3) is 0 Å². The van der Waals surface area contributed by atoms with Gasteiger partial charge < -0.3 is 15.8 Å². The van der Waals surface area contributed by atoms with Crippen molar-refractivity contribution >= 4 is 29.1 Å². The maximum absolute atomic E-state index is 11.5. The third kappa shape index (κ3) is 5.03. The quantitative estimate of drug-likeness (QED) is 0.594. The van der Waals surface area contributed by atoms with Crippen LogP contribution in [0.4, 0.5) is 11.4 Å². The molecule has 106 valence electrons. The zero-order valence-electron chi connectivity index (χ0n) is 11.7. The predicted molar refractivity (Wildman–Crippen MR) is 82.9 cm³/mol. The molecule has 0 aliphatic rings. The molecule has 0 aliphatic heterocycles. The molecule has 1 aromatic rings. The number of benzene rings is 1. The highest BCUT2D eigenvalue weighted by atomic mass is 32.2. The lowest BCUT2D eigenvalue weighted by Gasteiger charge is -2.12. The van der Waals surface area contributed by atoms with E-state index in [1.54, 1.807) is 19.1 Å². The molecular weight excluding hydrogens is 260 g/mol. The van der Waals surface area contributed by atoms with Gasteiger partial charge in [0.15, 0.2) is 0 Å². The second kappa shape index (κ2) is 7.94. The summed E-state index contributed by atoms with van der Waals surface area (Å²) in [6, 6.07) is 5.21. The first-order chi connectivity index (χ1) is 9.08. The molecule has 0 saturated heterocycles. The van der Waals surface area contributed by atoms with Crippen LogP contribution in [0.15, 0.2) is 18.2 Å². The summed E-state index contributed by atoms with van der Waals surface area (Å²) in [5.74, 6) is -0.336. The largest absolute Gasteiger partial charge is 0.462 e. The molecule has 0 spiro atoms. The average Bonchev–Trinajstić information content (AvgIpc) is 2.40. The van der Waals surface area contributed by atoms with Gasteiger partial charge in [0.1, 0.15) is 0 Å². The minimum absolute atomic E-state index is 0.336. The van der Waals surface area contributed by atoms with Crippen LogP contribution in [0.3, 0.4) is 0 Å². The number of ether oxygens (including phenoxy) is 1. The van der Waals surface area contributed by atoms with Crippen LogP contribution < -0.4 is 11.1 Å². The number of carbonyl (C=O) groups is 1. The summed E-state index contributed by atoms with van der Waals surface area (Å²) in [6.07, 6.45) is 3.17. The molecule has 4 nitrogen and oxygen atoms in total. The van der Waals surface area contributed by atoms with Crippen LogP contribution in [0.2, 0.25) is 0 Å². The summed E-state index contributed by atoms with van der Waals surface area (Å²) in [7, 11) is 0. The number of nitrogens with two attached hydrogens (primary N) is 1. The summed E-state index contributed by atoms with van der Waals surface area (Å²) in [4.78, 5) is 11.5. The lowest BCUT2D eigenvalue weighted by molar-refractivity contribution is 0.0526. The molecule has 19 heavy (non-hydrogen) atoms. The zero-order valence-corrected chi connectivity index (χ0v) is 12.5. The van der Waals surface area contributed by atoms with Crippen molar-refractivity contribution in [3.8, 4) is 0 Å². The number of nitrogens with one attached hydrogen (secondary N) is 1. The van der Waals surface area contributed by atoms with Crippen LogP contribution >= 0.6 is 11.8 Å². The van der Waals surface area contributed by atoms with Gasteiger partial charge in [0.05, 0.1) is 23.5 Å². The number of rotatable bonds is 7. The highest BCUT2D eigenvalue weighted by molar-refractivity contribution is 7.99. The first-order valence-electron chi connectivity index (χ1n) is 6.41. The Labute approximate surface area is 119 Å². The highest BCUT2D eigenvalue weighted by Gasteiger charge is 2.09. The van der Waals surface area contributed by atoms with E-state index < -0.39 is 0 Å². The lowest BCUT2D eigenvalue weighted by atomic mass is 10.1. The Hall–Kier alpha value is -1.36. The number of hydrogen-bond donors (Lipinski definition) is 2. The molecule has 1 unspecified atom stereocenters. The Morgan fingerprint density at radius 2 is 2.26 bits per heavy atom. The first-order valence-corrected chi connectivity index (χ1v) is 7.70. The van der Waals surface area contributed by atoms with Gasteiger partial charge in [-0.05, 0) is 37.8 Å². The number of nitrogen functional groups attached to an aromatic ring is 1. The fourth-order valence-corrected chi connectivity index (χ4v) is 1.95. The Morgan fingerprint density at radius 1 is 1.53 bits per heavy atom. The standard InChI is InChI=1S/C14H22N2O2S/c1-4-18-14(17)11-5-6-13(12(15)9-11)16-8-7-10(2)19-3/h5-6,9-10,16H,4,7-8,15H2,1-3H3. The molecule has 1 atom stereocenters. The molecule has 0 amide bonds. The Balaban J connectivity index is 2.59. The van der Waals surface area contributed by atoms with Crippen LogP contribution in [0.1, 0.15) is 30.6 Å². The van der Waals surface area contributed by atoms with E-state index in [-0.39, 0.29) is 5.97 Å². The van der Waals surface area contributed by atoms with E-state index in [1.807, 2.05) is 17.8 Å². The van der Waals surface area contributed by atoms with Crippen molar-refractivity contribution in [3.63, 3.8) is 0 Å². The molecule has 3 N–H and O–H groups in total. The van der Waals surface area contributed by atoms with Gasteiger partial charge in [-0.2, -0.15) is 11.8 Å². The van der Waals surface area contributed by atoms with Crippen molar-refractivity contribution in [2.24, 2.45) is 0 Å². The fourth-order valence-electron chi connectivity index (χ4n) is 1.59. The number of carbonyl (C=O) groups excluding carboxylic acids is 1. The predicted octanol–water partition coefficient (Wildman–Crippen LogP) is 3.00. The van der Waals surface area contributed by atoms with Crippen molar-refractivity contribution in [3.05, 3.63) is 23.8 Å². The third-order valence-corrected chi connectivity index (χ3v) is 3.87. The fraction of sp³-hybridized carbons (Fsp3) is 0.500. The SMILES string of the molecule is CCOC(=O)c1ccc(NCCC(C)SC)c(N)c1. The normalized spacial score (nSPS) is 11.9. The molecule has 0 aliphatic carbocycles. The minimum Gasteiger partial charge on any atom is -0.462 e. The Bertz CT molecular complexity index is 424. The van der Waals surface area contributed by atoms with Crippen molar-refractivity contribution < 1.29 is 9.53 Å². The molecule has 0 saturated carbocycles. The van der Waals surface area contributed by atoms with E-state index in [2.05, 4.69) is 18.5 Å². The smallest absolute Gasteiger partial charge is 0.338 e. The third-order valence-electron chi connectivity index (χ3n) is 2.83. The Morgan fingerprint density at radius 3 is 2.84 bits per heavy atom. The molecule has 0 fully saturated rings. The molecule has 1 aromatic carbocycles. The van der Waals surface area contributed by atoms with Crippen LogP contribution in [-0.2, 0) is 4.74 Å². The maximum atomic E-state index is 11.5. The van der Waals surface area contributed by atoms with Gasteiger partial charge in [0, 0.05) is 11.8 Å². The van der Waals surface area contributed by atoms with E-state index in [0.29, 0.717) is 23.1 Å². The minimum atomic E-state index is -0.336. The van der Waals surface area contributed by atoms with Crippen molar-refractivity contribution in [2.45, 2.75) is 25.5 Å². The monoisotopic (exact) mass is 282 g/mol. The second-order valence-electron chi connectivity index (χ2n) is 4.28. The average molecular weight is 282 g/mol. The highest BCUT2D eigenvalue weighted by Crippen LogP contribution is 2.21. The first kappa shape index (κ1) is 15.7. The van der Waals surface area contributed by atoms with Gasteiger partial charge >= 0.3 is 5.97 Å². The molecule has 5 heteroatoms. The van der Waals surface area contributed by atoms with Crippen LogP contribution in [0.5, 0.6) is 0 Å². The maximum Gasteiger partial charge on any atom is 0.338 e. The number of anilines is 2. The van der Waals surface area contributed by atoms with Crippen LogP contribution in [0, 0.1) is 0 Å². The number of esters is 1. The summed E-state index contributed by atoms with van der Waals surface area (Å²) < 4.78 is 4.93. The topological polar surface area (TPSA) is 64.3 Å². The van der Waals surface area contributed by atoms with Gasteiger partial charge in [0.25, 0.3) is 0 Å². The molecule has 0 bridgehead atoms. The van der Waals surface area contributed by atoms with E-state index in [0.717, 1.165) is 18.7 Å². The van der Waals surface area contributed by atoms with Crippen LogP contribution in [-0.4, -0.2) is 30.6 Å². The van der Waals surface area contributed by atoms with E-state index in [4.69, 9.17) is 10.5 Å². The Kier molecular flexibility index (Phi) is 6.56. The van der Waals surface area contributed by atoms with Crippen molar-refractivity contribution in [1.82, 2.24) is 0 Å². The molecule has 1 rings (SSSR count). The van der Waals surface area contributed by atoms with Gasteiger partial charge in [-0.1, -0.05) is 6.92 Å². The number of thioether (sulfide) groups is 1. The number of hydrogen-bond acceptors (Lipinski definition) is 5. The van der Waals surface area contributed by atoms with E-state index >= 15 is 0 Å². The molecule has 0 aromatic heterocycles. The molecule has 0 radical (unpaired) electrons. The van der Waals surface area contributed by atoms with Crippen molar-refractivity contribution in [1.29, 1.82) is 0 Å². The van der Waals surface area contributed by atoms with E-state index in [9.17, 15) is 4.79 Å². The molecule has 0 heterocycles.